The summed E-state index contributed by atoms with van der Waals surface area (Å²) in [7, 11) is 0. The van der Waals surface area contributed by atoms with Crippen LogP contribution < -0.4 is 16.0 Å². The minimum absolute atomic E-state index is 0.0110. The molecule has 3 N–H and O–H groups in total. The van der Waals surface area contributed by atoms with Crippen molar-refractivity contribution in [3.8, 4) is 0 Å². The Balaban J connectivity index is 1.34. The van der Waals surface area contributed by atoms with Crippen molar-refractivity contribution >= 4 is 52.1 Å². The molecule has 8 heteroatoms. The third-order valence-corrected chi connectivity index (χ3v) is 8.20. The van der Waals surface area contributed by atoms with E-state index in [9.17, 15) is 4.79 Å². The SMILES string of the molecule is C[C@@H](Nc1cc(N2CCC(C3CCN(CCC(N)=O)C3)CC2)ccc1Cl)c1ccc(Cl)cc1Cl. The van der Waals surface area contributed by atoms with E-state index in [0.717, 1.165) is 55.8 Å². The van der Waals surface area contributed by atoms with Crippen LogP contribution in [0.3, 0.4) is 0 Å². The van der Waals surface area contributed by atoms with Crippen molar-refractivity contribution in [1.29, 1.82) is 0 Å². The van der Waals surface area contributed by atoms with Crippen molar-refractivity contribution in [2.24, 2.45) is 17.6 Å². The first-order chi connectivity index (χ1) is 16.3. The largest absolute Gasteiger partial charge is 0.377 e. The van der Waals surface area contributed by atoms with Crippen molar-refractivity contribution in [2.45, 2.75) is 38.6 Å². The van der Waals surface area contributed by atoms with Gasteiger partial charge in [-0.05, 0) is 80.5 Å². The molecule has 0 spiro atoms. The summed E-state index contributed by atoms with van der Waals surface area (Å²) < 4.78 is 0. The van der Waals surface area contributed by atoms with E-state index in [-0.39, 0.29) is 11.9 Å². The van der Waals surface area contributed by atoms with E-state index in [2.05, 4.69) is 34.2 Å². The highest BCUT2D eigenvalue weighted by Crippen LogP contribution is 2.36. The summed E-state index contributed by atoms with van der Waals surface area (Å²) in [6.45, 7) is 7.13. The zero-order valence-electron chi connectivity index (χ0n) is 19.6. The predicted molar refractivity (Wildman–Crippen MR) is 143 cm³/mol. The molecule has 1 amide bonds. The Morgan fingerprint density at radius 1 is 1.03 bits per heavy atom. The Bertz CT molecular complexity index is 1010. The topological polar surface area (TPSA) is 61.6 Å². The van der Waals surface area contributed by atoms with Crippen LogP contribution in [0, 0.1) is 11.8 Å². The molecular weight excluding hydrogens is 491 g/mol. The lowest BCUT2D eigenvalue weighted by molar-refractivity contribution is -0.118. The number of carbonyl (C=O) groups excluding carboxylic acids is 1. The summed E-state index contributed by atoms with van der Waals surface area (Å²) in [6.07, 6.45) is 4.07. The first kappa shape index (κ1) is 25.4. The van der Waals surface area contributed by atoms with Crippen molar-refractivity contribution in [1.82, 2.24) is 4.90 Å². The highest BCUT2D eigenvalue weighted by atomic mass is 35.5. The molecule has 0 radical (unpaired) electrons. The van der Waals surface area contributed by atoms with E-state index in [1.807, 2.05) is 18.2 Å². The fourth-order valence-electron chi connectivity index (χ4n) is 5.33. The number of primary amides is 1. The van der Waals surface area contributed by atoms with Crippen LogP contribution in [-0.2, 0) is 4.79 Å². The molecule has 2 aliphatic heterocycles. The van der Waals surface area contributed by atoms with Gasteiger partial charge in [-0.25, -0.2) is 0 Å². The van der Waals surface area contributed by atoms with Crippen molar-refractivity contribution in [3.63, 3.8) is 0 Å². The fraction of sp³-hybridized carbons (Fsp3) is 0.500. The molecule has 0 aromatic heterocycles. The Hall–Kier alpha value is -1.66. The van der Waals surface area contributed by atoms with Gasteiger partial charge in [-0.1, -0.05) is 40.9 Å². The number of hydrogen-bond acceptors (Lipinski definition) is 4. The monoisotopic (exact) mass is 522 g/mol. The number of nitrogens with zero attached hydrogens (tertiary/aromatic N) is 2. The van der Waals surface area contributed by atoms with Crippen LogP contribution in [0.5, 0.6) is 0 Å². The average molecular weight is 524 g/mol. The molecule has 1 unspecified atom stereocenters. The number of rotatable bonds is 8. The van der Waals surface area contributed by atoms with Crippen LogP contribution in [0.4, 0.5) is 11.4 Å². The third kappa shape index (κ3) is 6.31. The van der Waals surface area contributed by atoms with Crippen LogP contribution in [0.15, 0.2) is 36.4 Å². The van der Waals surface area contributed by atoms with Crippen molar-refractivity contribution in [3.05, 3.63) is 57.0 Å². The first-order valence-electron chi connectivity index (χ1n) is 12.1. The fourth-order valence-corrected chi connectivity index (χ4v) is 6.08. The molecule has 2 aromatic carbocycles. The maximum atomic E-state index is 11.1. The van der Waals surface area contributed by atoms with Gasteiger partial charge in [0.05, 0.1) is 16.8 Å². The third-order valence-electron chi connectivity index (χ3n) is 7.31. The van der Waals surface area contributed by atoms with Crippen LogP contribution in [-0.4, -0.2) is 43.5 Å². The minimum atomic E-state index is -0.209. The summed E-state index contributed by atoms with van der Waals surface area (Å²) in [6, 6.07) is 11.8. The maximum absolute atomic E-state index is 11.1. The molecule has 5 nitrogen and oxygen atoms in total. The summed E-state index contributed by atoms with van der Waals surface area (Å²) in [5.41, 5.74) is 8.39. The van der Waals surface area contributed by atoms with E-state index in [1.54, 1.807) is 6.07 Å². The number of halogens is 3. The molecule has 2 fully saturated rings. The Morgan fingerprint density at radius 3 is 2.47 bits per heavy atom. The molecule has 2 aromatic rings. The van der Waals surface area contributed by atoms with Gasteiger partial charge in [-0.2, -0.15) is 0 Å². The maximum Gasteiger partial charge on any atom is 0.218 e. The lowest BCUT2D eigenvalue weighted by Gasteiger charge is -2.36. The number of nitrogens with two attached hydrogens (primary N) is 1. The second kappa shape index (κ2) is 11.4. The number of benzene rings is 2. The number of hydrogen-bond donors (Lipinski definition) is 2. The van der Waals surface area contributed by atoms with Gasteiger partial charge in [-0.3, -0.25) is 4.79 Å². The average Bonchev–Trinajstić information content (AvgIpc) is 3.28. The van der Waals surface area contributed by atoms with Crippen molar-refractivity contribution in [2.75, 3.05) is 42.9 Å². The number of amides is 1. The van der Waals surface area contributed by atoms with Crippen LogP contribution in [0.25, 0.3) is 0 Å². The lowest BCUT2D eigenvalue weighted by Crippen LogP contribution is -2.37. The molecule has 2 heterocycles. The molecule has 0 saturated carbocycles. The Morgan fingerprint density at radius 2 is 1.76 bits per heavy atom. The summed E-state index contributed by atoms with van der Waals surface area (Å²) in [5, 5.41) is 5.48. The number of piperidine rings is 1. The molecule has 0 aliphatic carbocycles. The van der Waals surface area contributed by atoms with E-state index in [4.69, 9.17) is 40.5 Å². The van der Waals surface area contributed by atoms with Crippen LogP contribution >= 0.6 is 34.8 Å². The van der Waals surface area contributed by atoms with Gasteiger partial charge in [0.1, 0.15) is 0 Å². The quantitative estimate of drug-likeness (QED) is 0.430. The van der Waals surface area contributed by atoms with Gasteiger partial charge in [0.25, 0.3) is 0 Å². The normalized spacial score (nSPS) is 20.5. The summed E-state index contributed by atoms with van der Waals surface area (Å²) in [5.74, 6) is 1.26. The van der Waals surface area contributed by atoms with Gasteiger partial charge in [-0.15, -0.1) is 0 Å². The van der Waals surface area contributed by atoms with Crippen molar-refractivity contribution < 1.29 is 4.79 Å². The zero-order valence-corrected chi connectivity index (χ0v) is 21.8. The van der Waals surface area contributed by atoms with E-state index in [1.165, 1.54) is 24.9 Å². The summed E-state index contributed by atoms with van der Waals surface area (Å²) >= 11 is 19.0. The number of anilines is 2. The Labute approximate surface area is 217 Å². The van der Waals surface area contributed by atoms with Gasteiger partial charge >= 0.3 is 0 Å². The number of likely N-dealkylation sites (tertiary alicyclic amines) is 1. The molecule has 34 heavy (non-hydrogen) atoms. The zero-order chi connectivity index (χ0) is 24.2. The molecular formula is C26H33Cl3N4O. The minimum Gasteiger partial charge on any atom is -0.377 e. The van der Waals surface area contributed by atoms with E-state index < -0.39 is 0 Å². The molecule has 4 rings (SSSR count). The summed E-state index contributed by atoms with van der Waals surface area (Å²) in [4.78, 5) is 15.9. The highest BCUT2D eigenvalue weighted by molar-refractivity contribution is 6.35. The second-order valence-corrected chi connectivity index (χ2v) is 10.8. The standard InChI is InChI=1S/C26H33Cl3N4O/c1-17(22-4-2-20(27)14-24(22)29)31-25-15-21(3-5-23(25)28)33-12-7-18(8-13-33)19-6-10-32(16-19)11-9-26(30)34/h2-5,14-15,17-19,31H,6-13,16H2,1H3,(H2,30,34)/t17-,19?/m1/s1. The highest BCUT2D eigenvalue weighted by Gasteiger charge is 2.32. The molecule has 2 aliphatic rings. The van der Waals surface area contributed by atoms with Gasteiger partial charge in [0, 0.05) is 48.3 Å². The van der Waals surface area contributed by atoms with Gasteiger partial charge in [0.15, 0.2) is 0 Å². The molecule has 0 bridgehead atoms. The van der Waals surface area contributed by atoms with Crippen LogP contribution in [0.2, 0.25) is 15.1 Å². The van der Waals surface area contributed by atoms with E-state index >= 15 is 0 Å². The van der Waals surface area contributed by atoms with Gasteiger partial charge in [0.2, 0.25) is 5.91 Å². The van der Waals surface area contributed by atoms with Gasteiger partial charge < -0.3 is 20.9 Å². The smallest absolute Gasteiger partial charge is 0.218 e. The van der Waals surface area contributed by atoms with Crippen LogP contribution in [0.1, 0.15) is 44.2 Å². The molecule has 184 valence electrons. The number of carbonyl (C=O) groups is 1. The number of nitrogens with one attached hydrogen (secondary N) is 1. The lowest BCUT2D eigenvalue weighted by atomic mass is 9.83. The molecule has 2 atom stereocenters. The predicted octanol–water partition coefficient (Wildman–Crippen LogP) is 6.23. The first-order valence-corrected chi connectivity index (χ1v) is 13.2. The molecule has 2 saturated heterocycles. The second-order valence-electron chi connectivity index (χ2n) is 9.59. The van der Waals surface area contributed by atoms with E-state index in [0.29, 0.717) is 21.5 Å². The Kier molecular flexibility index (Phi) is 8.52.